The third-order valence-corrected chi connectivity index (χ3v) is 3.96. The predicted octanol–water partition coefficient (Wildman–Crippen LogP) is 1.70. The molecule has 1 heterocycles. The number of rotatable bonds is 7. The van der Waals surface area contributed by atoms with Gasteiger partial charge >= 0.3 is 6.03 Å². The number of urea groups is 1. The van der Waals surface area contributed by atoms with Gasteiger partial charge in [0.2, 0.25) is 0 Å². The van der Waals surface area contributed by atoms with Gasteiger partial charge in [-0.3, -0.25) is 0 Å². The van der Waals surface area contributed by atoms with E-state index in [1.54, 1.807) is 11.0 Å². The van der Waals surface area contributed by atoms with Gasteiger partial charge in [-0.2, -0.15) is 0 Å². The van der Waals surface area contributed by atoms with Crippen molar-refractivity contribution in [1.82, 2.24) is 10.2 Å². The number of carbonyl (C=O) groups excluding carboxylic acids is 1. The number of aliphatic hydroxyl groups is 1. The fourth-order valence-electron chi connectivity index (χ4n) is 2.77. The number of hydrogen-bond acceptors (Lipinski definition) is 3. The molecule has 22 heavy (non-hydrogen) atoms. The number of nitrogens with zero attached hydrogens (tertiary/aromatic N) is 2. The third kappa shape index (κ3) is 4.49. The summed E-state index contributed by atoms with van der Waals surface area (Å²) in [4.78, 5) is 16.0. The van der Waals surface area contributed by atoms with Crippen molar-refractivity contribution in [3.05, 3.63) is 43.0 Å². The minimum Gasteiger partial charge on any atom is -0.395 e. The van der Waals surface area contributed by atoms with Crippen LogP contribution in [0.3, 0.4) is 0 Å². The molecule has 2 amide bonds. The van der Waals surface area contributed by atoms with Crippen molar-refractivity contribution in [3.8, 4) is 0 Å². The summed E-state index contributed by atoms with van der Waals surface area (Å²) in [5.41, 5.74) is 1.24. The Morgan fingerprint density at radius 3 is 2.91 bits per heavy atom. The molecule has 2 N–H and O–H groups in total. The van der Waals surface area contributed by atoms with Gasteiger partial charge < -0.3 is 20.2 Å². The van der Waals surface area contributed by atoms with Crippen LogP contribution in [-0.2, 0) is 0 Å². The Hall–Kier alpha value is -2.01. The van der Waals surface area contributed by atoms with Crippen molar-refractivity contribution in [3.63, 3.8) is 0 Å². The Labute approximate surface area is 132 Å². The fraction of sp³-hybridized carbons (Fsp3) is 0.471. The quantitative estimate of drug-likeness (QED) is 0.754. The van der Waals surface area contributed by atoms with Crippen LogP contribution in [0.15, 0.2) is 43.0 Å². The van der Waals surface area contributed by atoms with Gasteiger partial charge in [0.05, 0.1) is 6.61 Å². The highest BCUT2D eigenvalue weighted by atomic mass is 16.3. The second-order valence-corrected chi connectivity index (χ2v) is 5.58. The van der Waals surface area contributed by atoms with Crippen LogP contribution in [0.25, 0.3) is 0 Å². The summed E-state index contributed by atoms with van der Waals surface area (Å²) in [7, 11) is 0. The first-order valence-corrected chi connectivity index (χ1v) is 7.79. The van der Waals surface area contributed by atoms with Crippen molar-refractivity contribution in [2.24, 2.45) is 5.92 Å². The molecule has 0 saturated carbocycles. The van der Waals surface area contributed by atoms with Crippen LogP contribution in [0.4, 0.5) is 10.5 Å². The minimum atomic E-state index is -0.132. The number of amides is 2. The first kappa shape index (κ1) is 16.4. The van der Waals surface area contributed by atoms with Gasteiger partial charge in [0.25, 0.3) is 0 Å². The first-order chi connectivity index (χ1) is 10.7. The van der Waals surface area contributed by atoms with Crippen molar-refractivity contribution in [1.29, 1.82) is 0 Å². The monoisotopic (exact) mass is 303 g/mol. The third-order valence-electron chi connectivity index (χ3n) is 3.96. The van der Waals surface area contributed by atoms with E-state index in [1.807, 2.05) is 18.2 Å². The predicted molar refractivity (Wildman–Crippen MR) is 89.0 cm³/mol. The topological polar surface area (TPSA) is 55.8 Å². The van der Waals surface area contributed by atoms with Gasteiger partial charge in [-0.25, -0.2) is 4.79 Å². The molecule has 0 radical (unpaired) electrons. The summed E-state index contributed by atoms with van der Waals surface area (Å²) < 4.78 is 0. The summed E-state index contributed by atoms with van der Waals surface area (Å²) in [5, 5.41) is 12.0. The van der Waals surface area contributed by atoms with Crippen LogP contribution >= 0.6 is 0 Å². The summed E-state index contributed by atoms with van der Waals surface area (Å²) in [6.07, 6.45) is 2.75. The Bertz CT molecular complexity index is 478. The number of aliphatic hydroxyl groups excluding tert-OH is 1. The van der Waals surface area contributed by atoms with Gasteiger partial charge in [0.1, 0.15) is 0 Å². The van der Waals surface area contributed by atoms with E-state index in [4.69, 9.17) is 5.11 Å². The minimum absolute atomic E-state index is 0.0352. The number of para-hydroxylation sites is 1. The van der Waals surface area contributed by atoms with Gasteiger partial charge in [0, 0.05) is 38.4 Å². The van der Waals surface area contributed by atoms with E-state index in [-0.39, 0.29) is 12.6 Å². The molecule has 1 saturated heterocycles. The fourth-order valence-corrected chi connectivity index (χ4v) is 2.77. The molecule has 120 valence electrons. The zero-order chi connectivity index (χ0) is 15.8. The summed E-state index contributed by atoms with van der Waals surface area (Å²) in [6, 6.07) is 10.2. The Morgan fingerprint density at radius 1 is 1.45 bits per heavy atom. The number of anilines is 1. The largest absolute Gasteiger partial charge is 0.395 e. The highest BCUT2D eigenvalue weighted by Crippen LogP contribution is 2.22. The van der Waals surface area contributed by atoms with E-state index in [2.05, 4.69) is 28.9 Å². The van der Waals surface area contributed by atoms with Crippen LogP contribution < -0.4 is 10.2 Å². The smallest absolute Gasteiger partial charge is 0.317 e. The second kappa shape index (κ2) is 8.44. The molecular weight excluding hydrogens is 278 g/mol. The Kier molecular flexibility index (Phi) is 6.27. The lowest BCUT2D eigenvalue weighted by Gasteiger charge is -2.22. The Morgan fingerprint density at radius 2 is 2.23 bits per heavy atom. The van der Waals surface area contributed by atoms with Crippen LogP contribution in [-0.4, -0.2) is 55.4 Å². The average Bonchev–Trinajstić information content (AvgIpc) is 3.02. The number of nitrogens with one attached hydrogen (secondary N) is 1. The molecule has 0 aliphatic carbocycles. The van der Waals surface area contributed by atoms with Gasteiger partial charge in [-0.1, -0.05) is 24.3 Å². The van der Waals surface area contributed by atoms with E-state index < -0.39 is 0 Å². The Balaban J connectivity index is 1.78. The SMILES string of the molecule is C=CCN(CCO)C(=O)NCC1CCN(c2ccccc2)C1. The highest BCUT2D eigenvalue weighted by molar-refractivity contribution is 5.74. The molecule has 0 spiro atoms. The van der Waals surface area contributed by atoms with E-state index in [0.717, 1.165) is 19.5 Å². The van der Waals surface area contributed by atoms with Gasteiger partial charge in [-0.05, 0) is 24.5 Å². The van der Waals surface area contributed by atoms with Crippen molar-refractivity contribution in [2.75, 3.05) is 44.2 Å². The lowest BCUT2D eigenvalue weighted by Crippen LogP contribution is -2.43. The van der Waals surface area contributed by atoms with Crippen LogP contribution in [0, 0.1) is 5.92 Å². The summed E-state index contributed by atoms with van der Waals surface area (Å²) in [5.74, 6) is 0.462. The normalized spacial score (nSPS) is 17.3. The van der Waals surface area contributed by atoms with Crippen molar-refractivity contribution >= 4 is 11.7 Å². The molecule has 5 heteroatoms. The van der Waals surface area contributed by atoms with Crippen LogP contribution in [0.2, 0.25) is 0 Å². The molecule has 1 atom stereocenters. The second-order valence-electron chi connectivity index (χ2n) is 5.58. The molecule has 5 nitrogen and oxygen atoms in total. The maximum atomic E-state index is 12.1. The summed E-state index contributed by atoms with van der Waals surface area (Å²) in [6.45, 7) is 7.04. The zero-order valence-electron chi connectivity index (χ0n) is 12.9. The van der Waals surface area contributed by atoms with Crippen LogP contribution in [0.5, 0.6) is 0 Å². The van der Waals surface area contributed by atoms with E-state index in [9.17, 15) is 4.79 Å². The standard InChI is InChI=1S/C17H25N3O2/c1-2-9-19(11-12-21)17(22)18-13-15-8-10-20(14-15)16-6-4-3-5-7-16/h2-7,15,21H,1,8-14H2,(H,18,22). The highest BCUT2D eigenvalue weighted by Gasteiger charge is 2.23. The molecule has 0 bridgehead atoms. The molecule has 1 unspecified atom stereocenters. The number of benzene rings is 1. The number of carbonyl (C=O) groups is 1. The molecule has 0 aromatic heterocycles. The molecule has 1 aliphatic rings. The molecule has 1 aliphatic heterocycles. The molecular formula is C17H25N3O2. The van der Waals surface area contributed by atoms with E-state index in [1.165, 1.54) is 5.69 Å². The molecule has 2 rings (SSSR count). The van der Waals surface area contributed by atoms with E-state index >= 15 is 0 Å². The van der Waals surface area contributed by atoms with Gasteiger partial charge in [-0.15, -0.1) is 6.58 Å². The average molecular weight is 303 g/mol. The van der Waals surface area contributed by atoms with Crippen molar-refractivity contribution < 1.29 is 9.90 Å². The number of hydrogen-bond donors (Lipinski definition) is 2. The maximum Gasteiger partial charge on any atom is 0.317 e. The molecule has 1 aromatic rings. The first-order valence-electron chi connectivity index (χ1n) is 7.79. The van der Waals surface area contributed by atoms with Crippen molar-refractivity contribution in [2.45, 2.75) is 6.42 Å². The lowest BCUT2D eigenvalue weighted by molar-refractivity contribution is 0.182. The maximum absolute atomic E-state index is 12.1. The zero-order valence-corrected chi connectivity index (χ0v) is 12.9. The van der Waals surface area contributed by atoms with Gasteiger partial charge in [0.15, 0.2) is 0 Å². The lowest BCUT2D eigenvalue weighted by atomic mass is 10.1. The molecule has 1 aromatic carbocycles. The molecule has 1 fully saturated rings. The summed E-state index contributed by atoms with van der Waals surface area (Å²) >= 11 is 0. The van der Waals surface area contributed by atoms with E-state index in [0.29, 0.717) is 25.6 Å². The van der Waals surface area contributed by atoms with Crippen LogP contribution in [0.1, 0.15) is 6.42 Å².